The maximum absolute atomic E-state index is 12.3. The van der Waals surface area contributed by atoms with E-state index >= 15 is 0 Å². The van der Waals surface area contributed by atoms with Crippen LogP contribution in [0.2, 0.25) is 0 Å². The minimum absolute atomic E-state index is 0.0484. The maximum atomic E-state index is 12.3. The molecule has 1 atom stereocenters. The molecular formula is C19H25N3O6S. The highest BCUT2D eigenvalue weighted by atomic mass is 32.2. The van der Waals surface area contributed by atoms with Gasteiger partial charge in [-0.15, -0.1) is 0 Å². The molecule has 29 heavy (non-hydrogen) atoms. The Hall–Kier alpha value is -2.72. The predicted molar refractivity (Wildman–Crippen MR) is 106 cm³/mol. The van der Waals surface area contributed by atoms with Gasteiger partial charge in [0, 0.05) is 12.2 Å². The molecule has 0 bridgehead atoms. The molecule has 0 saturated carbocycles. The van der Waals surface area contributed by atoms with Crippen LogP contribution in [0.15, 0.2) is 33.7 Å². The number of carbonyl (C=O) groups is 2. The van der Waals surface area contributed by atoms with Crippen LogP contribution in [0.1, 0.15) is 37.3 Å². The van der Waals surface area contributed by atoms with E-state index in [-0.39, 0.29) is 29.3 Å². The third-order valence-corrected chi connectivity index (χ3v) is 5.87. The molecule has 1 amide bonds. The molecule has 1 aromatic heterocycles. The van der Waals surface area contributed by atoms with Crippen molar-refractivity contribution in [2.75, 3.05) is 11.9 Å². The van der Waals surface area contributed by atoms with E-state index in [1.165, 1.54) is 20.8 Å². The van der Waals surface area contributed by atoms with Gasteiger partial charge in [-0.1, -0.05) is 24.2 Å². The van der Waals surface area contributed by atoms with Gasteiger partial charge in [0.25, 0.3) is 5.91 Å². The van der Waals surface area contributed by atoms with Gasteiger partial charge in [-0.25, -0.2) is 13.1 Å². The highest BCUT2D eigenvalue weighted by Crippen LogP contribution is 2.18. The van der Waals surface area contributed by atoms with Gasteiger partial charge in [-0.3, -0.25) is 9.59 Å². The van der Waals surface area contributed by atoms with Crippen molar-refractivity contribution in [3.05, 3.63) is 41.3 Å². The Balaban J connectivity index is 1.81. The number of nitrogens with one attached hydrogen (secondary N) is 2. The molecule has 1 heterocycles. The summed E-state index contributed by atoms with van der Waals surface area (Å²) >= 11 is 0. The van der Waals surface area contributed by atoms with Crippen LogP contribution in [-0.4, -0.2) is 38.1 Å². The molecule has 0 radical (unpaired) electrons. The lowest BCUT2D eigenvalue weighted by Crippen LogP contribution is -2.32. The van der Waals surface area contributed by atoms with Gasteiger partial charge < -0.3 is 14.6 Å². The molecule has 9 nitrogen and oxygen atoms in total. The van der Waals surface area contributed by atoms with Crippen molar-refractivity contribution in [2.24, 2.45) is 0 Å². The smallest absolute Gasteiger partial charge is 0.307 e. The van der Waals surface area contributed by atoms with Gasteiger partial charge in [0.15, 0.2) is 11.9 Å². The summed E-state index contributed by atoms with van der Waals surface area (Å²) in [5.41, 5.74) is 1.97. The van der Waals surface area contributed by atoms with Gasteiger partial charge in [0.1, 0.15) is 10.6 Å². The fourth-order valence-corrected chi connectivity index (χ4v) is 3.95. The van der Waals surface area contributed by atoms with Crippen LogP contribution >= 0.6 is 0 Å². The monoisotopic (exact) mass is 423 g/mol. The van der Waals surface area contributed by atoms with E-state index in [0.717, 1.165) is 12.0 Å². The first-order chi connectivity index (χ1) is 13.6. The molecule has 0 spiro atoms. The van der Waals surface area contributed by atoms with E-state index in [2.05, 4.69) is 15.2 Å². The number of carbonyl (C=O) groups excluding carboxylic acids is 2. The first kappa shape index (κ1) is 22.6. The topological polar surface area (TPSA) is 128 Å². The molecule has 2 N–H and O–H groups in total. The number of benzene rings is 1. The van der Waals surface area contributed by atoms with E-state index in [0.29, 0.717) is 5.69 Å². The molecule has 1 aromatic carbocycles. The quantitative estimate of drug-likeness (QED) is 0.591. The van der Waals surface area contributed by atoms with Crippen molar-refractivity contribution in [3.8, 4) is 0 Å². The van der Waals surface area contributed by atoms with E-state index < -0.39 is 28.0 Å². The Kier molecular flexibility index (Phi) is 7.52. The molecule has 158 valence electrons. The van der Waals surface area contributed by atoms with Crippen LogP contribution in [0.25, 0.3) is 0 Å². The largest absolute Gasteiger partial charge is 0.452 e. The Morgan fingerprint density at radius 1 is 1.21 bits per heavy atom. The summed E-state index contributed by atoms with van der Waals surface area (Å²) in [5.74, 6) is -1.01. The number of anilines is 1. The number of aryl methyl sites for hydroxylation is 3. The number of rotatable bonds is 9. The van der Waals surface area contributed by atoms with Crippen LogP contribution in [0.5, 0.6) is 0 Å². The predicted octanol–water partition coefficient (Wildman–Crippen LogP) is 2.09. The first-order valence-electron chi connectivity index (χ1n) is 9.16. The van der Waals surface area contributed by atoms with Crippen molar-refractivity contribution in [2.45, 2.75) is 51.5 Å². The highest BCUT2D eigenvalue weighted by Gasteiger charge is 2.24. The number of amides is 1. The van der Waals surface area contributed by atoms with Crippen LogP contribution in [0.3, 0.4) is 0 Å². The van der Waals surface area contributed by atoms with Crippen LogP contribution in [0.4, 0.5) is 5.69 Å². The molecule has 2 rings (SSSR count). The Morgan fingerprint density at radius 3 is 2.41 bits per heavy atom. The summed E-state index contributed by atoms with van der Waals surface area (Å²) in [6.45, 7) is 6.29. The number of sulfonamides is 1. The lowest BCUT2D eigenvalue weighted by molar-refractivity contribution is -0.152. The first-order valence-corrected chi connectivity index (χ1v) is 10.6. The van der Waals surface area contributed by atoms with E-state index in [9.17, 15) is 18.0 Å². The standard InChI is InChI=1S/C19H25N3O6S/c1-5-15-6-8-16(9-7-15)21-19(24)14(4)27-17(23)10-11-20-29(25,26)18-12(2)22-28-13(18)3/h6-9,14,20H,5,10-11H2,1-4H3,(H,21,24)/t14-/m1/s1. The summed E-state index contributed by atoms with van der Waals surface area (Å²) in [4.78, 5) is 24.0. The molecule has 0 fully saturated rings. The molecule has 2 aromatic rings. The van der Waals surface area contributed by atoms with Crippen molar-refractivity contribution in [1.29, 1.82) is 0 Å². The summed E-state index contributed by atoms with van der Waals surface area (Å²) < 4.78 is 36.7. The second kappa shape index (κ2) is 9.66. The maximum Gasteiger partial charge on any atom is 0.307 e. The van der Waals surface area contributed by atoms with Crippen molar-refractivity contribution >= 4 is 27.6 Å². The summed E-state index contributed by atoms with van der Waals surface area (Å²) in [7, 11) is -3.86. The molecule has 0 aliphatic heterocycles. The fraction of sp³-hybridized carbons (Fsp3) is 0.421. The van der Waals surface area contributed by atoms with Gasteiger partial charge in [0.05, 0.1) is 6.42 Å². The lowest BCUT2D eigenvalue weighted by Gasteiger charge is -2.14. The number of hydrogen-bond acceptors (Lipinski definition) is 7. The van der Waals surface area contributed by atoms with Crippen molar-refractivity contribution < 1.29 is 27.3 Å². The van der Waals surface area contributed by atoms with Gasteiger partial charge in [-0.2, -0.15) is 0 Å². The molecule has 0 unspecified atom stereocenters. The van der Waals surface area contributed by atoms with Crippen LogP contribution in [-0.2, 0) is 30.8 Å². The van der Waals surface area contributed by atoms with Gasteiger partial charge >= 0.3 is 5.97 Å². The minimum atomic E-state index is -3.86. The third-order valence-electron chi connectivity index (χ3n) is 4.16. The number of nitrogens with zero attached hydrogens (tertiary/aromatic N) is 1. The zero-order chi connectivity index (χ0) is 21.6. The van der Waals surface area contributed by atoms with Gasteiger partial charge in [0.2, 0.25) is 10.0 Å². The fourth-order valence-electron chi connectivity index (χ4n) is 2.60. The summed E-state index contributed by atoms with van der Waals surface area (Å²) in [5, 5.41) is 6.26. The number of aromatic nitrogens is 1. The van der Waals surface area contributed by atoms with Crippen molar-refractivity contribution in [3.63, 3.8) is 0 Å². The minimum Gasteiger partial charge on any atom is -0.452 e. The normalized spacial score (nSPS) is 12.4. The third kappa shape index (κ3) is 6.13. The molecule has 0 aliphatic carbocycles. The number of esters is 1. The number of hydrogen-bond donors (Lipinski definition) is 2. The lowest BCUT2D eigenvalue weighted by atomic mass is 10.1. The molecular weight excluding hydrogens is 398 g/mol. The average Bonchev–Trinajstić information content (AvgIpc) is 3.01. The number of ether oxygens (including phenoxy) is 1. The van der Waals surface area contributed by atoms with E-state index in [1.807, 2.05) is 19.1 Å². The Labute approximate surface area is 169 Å². The Morgan fingerprint density at radius 2 is 1.86 bits per heavy atom. The average molecular weight is 423 g/mol. The highest BCUT2D eigenvalue weighted by molar-refractivity contribution is 7.89. The second-order valence-electron chi connectivity index (χ2n) is 6.47. The zero-order valence-corrected chi connectivity index (χ0v) is 17.6. The Bertz CT molecular complexity index is 947. The van der Waals surface area contributed by atoms with Crippen LogP contribution < -0.4 is 10.0 Å². The second-order valence-corrected chi connectivity index (χ2v) is 8.18. The van der Waals surface area contributed by atoms with E-state index in [1.54, 1.807) is 12.1 Å². The zero-order valence-electron chi connectivity index (χ0n) is 16.8. The molecule has 10 heteroatoms. The summed E-state index contributed by atoms with van der Waals surface area (Å²) in [6.07, 6.45) is -0.360. The van der Waals surface area contributed by atoms with Crippen LogP contribution in [0, 0.1) is 13.8 Å². The SMILES string of the molecule is CCc1ccc(NC(=O)[C@@H](C)OC(=O)CCNS(=O)(=O)c2c(C)noc2C)cc1. The van der Waals surface area contributed by atoms with Gasteiger partial charge in [-0.05, 0) is 44.9 Å². The molecule has 0 saturated heterocycles. The van der Waals surface area contributed by atoms with Crippen molar-refractivity contribution in [1.82, 2.24) is 9.88 Å². The van der Waals surface area contributed by atoms with E-state index in [4.69, 9.17) is 9.26 Å². The summed E-state index contributed by atoms with van der Waals surface area (Å²) in [6, 6.07) is 7.35. The molecule has 0 aliphatic rings.